The van der Waals surface area contributed by atoms with Gasteiger partial charge < -0.3 is 0 Å². The van der Waals surface area contributed by atoms with Crippen LogP contribution in [0.15, 0.2) is 102 Å². The molecule has 195 valence electrons. The minimum absolute atomic E-state index is 0.209. The van der Waals surface area contributed by atoms with Gasteiger partial charge >= 0.3 is 231 Å². The molecule has 0 fully saturated rings. The third-order valence-electron chi connectivity index (χ3n) is 6.26. The molecule has 0 radical (unpaired) electrons. The zero-order valence-electron chi connectivity index (χ0n) is 21.4. The number of aryl methyl sites for hydroxylation is 4. The van der Waals surface area contributed by atoms with Crippen molar-refractivity contribution >= 4 is 23.9 Å². The fourth-order valence-electron chi connectivity index (χ4n) is 4.54. The van der Waals surface area contributed by atoms with E-state index in [0.29, 0.717) is 0 Å². The van der Waals surface area contributed by atoms with Crippen molar-refractivity contribution in [3.63, 3.8) is 0 Å². The Kier molecular flexibility index (Phi) is 8.68. The molecule has 0 spiro atoms. The van der Waals surface area contributed by atoms with Crippen molar-refractivity contribution in [2.75, 3.05) is 0 Å². The predicted octanol–water partition coefficient (Wildman–Crippen LogP) is 6.36. The average molecular weight is 621 g/mol. The Labute approximate surface area is 230 Å². The van der Waals surface area contributed by atoms with Crippen LogP contribution in [0.3, 0.4) is 0 Å². The van der Waals surface area contributed by atoms with Crippen molar-refractivity contribution in [2.45, 2.75) is 44.7 Å². The summed E-state index contributed by atoms with van der Waals surface area (Å²) < 4.78 is 31.5. The number of hydrogen-bond acceptors (Lipinski definition) is 3. The van der Waals surface area contributed by atoms with Crippen LogP contribution in [0.5, 0.6) is 0 Å². The molecule has 0 unspecified atom stereocenters. The molecule has 0 amide bonds. The summed E-state index contributed by atoms with van der Waals surface area (Å²) in [5.74, 6) is 0. The van der Waals surface area contributed by atoms with E-state index in [2.05, 4.69) is 12.1 Å². The summed E-state index contributed by atoms with van der Waals surface area (Å²) >= 11 is -2.91. The normalized spacial score (nSPS) is 13.9. The van der Waals surface area contributed by atoms with Crippen LogP contribution in [0.25, 0.3) is 0 Å². The summed E-state index contributed by atoms with van der Waals surface area (Å²) in [4.78, 5) is 0.209. The van der Waals surface area contributed by atoms with Gasteiger partial charge in [0.15, 0.2) is 0 Å². The summed E-state index contributed by atoms with van der Waals surface area (Å²) in [6, 6.07) is 28.9. The first-order chi connectivity index (χ1) is 17.6. The van der Waals surface area contributed by atoms with Gasteiger partial charge in [0.1, 0.15) is 0 Å². The summed E-state index contributed by atoms with van der Waals surface area (Å²) in [6.07, 6.45) is 0. The molecular weight excluding hydrogens is 589 g/mol. The summed E-state index contributed by atoms with van der Waals surface area (Å²) in [5.41, 5.74) is 12.7. The number of sulfonamides is 1. The maximum atomic E-state index is 14.5. The SMILES string of the molecule is Cc1ccc(S(=O)(=O)[N]([C@@H](c2ccccc2)[C@@H](N)c2ccccc2)[Ru]([Cl])[c]2c(C)cc(C)cc2C)cc1. The Morgan fingerprint density at radius 3 is 1.73 bits per heavy atom. The molecule has 0 heterocycles. The van der Waals surface area contributed by atoms with Crippen LogP contribution >= 0.6 is 9.69 Å². The van der Waals surface area contributed by atoms with Crippen molar-refractivity contribution in [1.82, 2.24) is 3.05 Å². The molecule has 2 atom stereocenters. The molecule has 7 heteroatoms. The van der Waals surface area contributed by atoms with Gasteiger partial charge in [-0.25, -0.2) is 0 Å². The van der Waals surface area contributed by atoms with E-state index < -0.39 is 37.3 Å². The van der Waals surface area contributed by atoms with Crippen LogP contribution < -0.4 is 9.89 Å². The third kappa shape index (κ3) is 5.90. The second-order valence-electron chi connectivity index (χ2n) is 9.25. The molecule has 0 bridgehead atoms. The first-order valence-corrected chi connectivity index (χ1v) is 17.3. The van der Waals surface area contributed by atoms with Crippen molar-refractivity contribution in [1.29, 1.82) is 0 Å². The molecule has 37 heavy (non-hydrogen) atoms. The van der Waals surface area contributed by atoms with Gasteiger partial charge in [0.2, 0.25) is 0 Å². The first kappa shape index (κ1) is 27.7. The zero-order chi connectivity index (χ0) is 26.7. The van der Waals surface area contributed by atoms with Crippen molar-refractivity contribution in [3.05, 3.63) is 130 Å². The van der Waals surface area contributed by atoms with E-state index in [9.17, 15) is 8.42 Å². The van der Waals surface area contributed by atoms with Crippen LogP contribution in [0, 0.1) is 27.7 Å². The van der Waals surface area contributed by atoms with E-state index >= 15 is 0 Å². The predicted molar refractivity (Wildman–Crippen MR) is 149 cm³/mol. The van der Waals surface area contributed by atoms with Gasteiger partial charge in [-0.3, -0.25) is 0 Å². The molecule has 4 rings (SSSR count). The number of rotatable bonds is 8. The number of nitrogens with zero attached hydrogens (tertiary/aromatic N) is 1. The first-order valence-electron chi connectivity index (χ1n) is 12.0. The van der Waals surface area contributed by atoms with Gasteiger partial charge in [-0.1, -0.05) is 0 Å². The topological polar surface area (TPSA) is 63.4 Å². The second-order valence-corrected chi connectivity index (χ2v) is 15.8. The Hall–Kier alpha value is -2.34. The zero-order valence-corrected chi connectivity index (χ0v) is 24.7. The van der Waals surface area contributed by atoms with Crippen LogP contribution in [0.1, 0.15) is 45.5 Å². The van der Waals surface area contributed by atoms with E-state index in [0.717, 1.165) is 37.5 Å². The second kappa shape index (κ2) is 11.6. The van der Waals surface area contributed by atoms with Crippen molar-refractivity contribution < 1.29 is 23.6 Å². The van der Waals surface area contributed by atoms with Crippen LogP contribution in [-0.2, 0) is 25.2 Å². The Balaban J connectivity index is 2.00. The number of benzene rings is 4. The fraction of sp³-hybridized carbons (Fsp3) is 0.200. The van der Waals surface area contributed by atoms with Gasteiger partial charge in [0.05, 0.1) is 0 Å². The maximum absolute atomic E-state index is 14.5. The van der Waals surface area contributed by atoms with E-state index in [1.54, 1.807) is 15.2 Å². The summed E-state index contributed by atoms with van der Waals surface area (Å²) in [5, 5.41) is 0. The van der Waals surface area contributed by atoms with Gasteiger partial charge in [-0.05, 0) is 0 Å². The molecule has 4 aromatic carbocycles. The number of nitrogens with two attached hydrogens (primary N) is 1. The molecule has 4 nitrogen and oxygen atoms in total. The average Bonchev–Trinajstić information content (AvgIpc) is 2.87. The Morgan fingerprint density at radius 1 is 0.730 bits per heavy atom. The number of halogens is 1. The van der Waals surface area contributed by atoms with Crippen molar-refractivity contribution in [3.8, 4) is 0 Å². The van der Waals surface area contributed by atoms with Crippen LogP contribution in [0.4, 0.5) is 0 Å². The molecular formula is C30H32ClN2O2RuS. The Bertz CT molecular complexity index is 1440. The molecule has 0 aliphatic heterocycles. The van der Waals surface area contributed by atoms with Crippen LogP contribution in [0.2, 0.25) is 0 Å². The van der Waals surface area contributed by atoms with Gasteiger partial charge in [0, 0.05) is 0 Å². The quantitative estimate of drug-likeness (QED) is 0.233. The van der Waals surface area contributed by atoms with Gasteiger partial charge in [0.25, 0.3) is 0 Å². The van der Waals surface area contributed by atoms with E-state index in [4.69, 9.17) is 15.4 Å². The van der Waals surface area contributed by atoms with E-state index in [1.165, 1.54) is 0 Å². The third-order valence-corrected chi connectivity index (χ3v) is 15.0. The van der Waals surface area contributed by atoms with E-state index in [-0.39, 0.29) is 4.90 Å². The molecule has 0 saturated carbocycles. The Morgan fingerprint density at radius 2 is 1.22 bits per heavy atom. The summed E-state index contributed by atoms with van der Waals surface area (Å²) in [7, 11) is 3.39. The monoisotopic (exact) mass is 621 g/mol. The van der Waals surface area contributed by atoms with Gasteiger partial charge in [-0.2, -0.15) is 0 Å². The van der Waals surface area contributed by atoms with E-state index in [1.807, 2.05) is 100 Å². The molecule has 0 aliphatic carbocycles. The molecule has 2 N–H and O–H groups in total. The molecule has 0 saturated heterocycles. The molecule has 4 aromatic rings. The molecule has 0 aliphatic rings. The standard InChI is InChI=1S/C21H21N2O2S.C9H11.ClH.Ru/c1-16-12-14-19(15-13-16)26(24,25)23-21(18-10-6-3-7-11-18)20(22)17-8-4-2-5-9-17;1-7-4-8(2)6-9(3)5-7;;/h2-15,20-21H,22H2,1H3;4-5H,1-3H3;1H;/q-1;;;+2/p-1/t20-,21-;;;/m0.../s1. The fourth-order valence-corrected chi connectivity index (χ4v) is 13.5. The van der Waals surface area contributed by atoms with Gasteiger partial charge in [-0.15, -0.1) is 0 Å². The summed E-state index contributed by atoms with van der Waals surface area (Å²) in [6.45, 7) is 7.98. The minimum atomic E-state index is -4.02. The van der Waals surface area contributed by atoms with Crippen molar-refractivity contribution in [2.24, 2.45) is 5.73 Å². The molecule has 0 aromatic heterocycles. The van der Waals surface area contributed by atoms with Crippen LogP contribution in [-0.4, -0.2) is 11.5 Å². The number of hydrogen-bond donors (Lipinski definition) is 1.